The number of nitrogens with zero attached hydrogens (tertiary/aromatic N) is 2. The van der Waals surface area contributed by atoms with Gasteiger partial charge in [-0.2, -0.15) is 0 Å². The van der Waals surface area contributed by atoms with E-state index in [2.05, 4.69) is 15.6 Å². The highest BCUT2D eigenvalue weighted by Crippen LogP contribution is 2.33. The molecule has 0 fully saturated rings. The molecule has 0 unspecified atom stereocenters. The molecule has 2 rings (SSSR count). The lowest BCUT2D eigenvalue weighted by molar-refractivity contribution is -0.384. The lowest BCUT2D eigenvalue weighted by atomic mass is 10.1. The van der Waals surface area contributed by atoms with Crippen LogP contribution < -0.4 is 10.6 Å². The number of aryl methyl sites for hydroxylation is 1. The van der Waals surface area contributed by atoms with E-state index < -0.39 is 11.0 Å². The number of amides is 1. The van der Waals surface area contributed by atoms with Crippen LogP contribution in [0.1, 0.15) is 31.0 Å². The number of carbonyl (C=O) groups excluding carboxylic acids is 1. The Kier molecular flexibility index (Phi) is 8.01. The molecule has 1 aromatic heterocycles. The minimum atomic E-state index is -0.561. The molecule has 0 saturated heterocycles. The molecule has 0 atom stereocenters. The fourth-order valence-corrected chi connectivity index (χ4v) is 2.79. The second-order valence-corrected chi connectivity index (χ2v) is 6.55. The third kappa shape index (κ3) is 6.38. The topological polar surface area (TPSA) is 106 Å². The van der Waals surface area contributed by atoms with Gasteiger partial charge in [-0.1, -0.05) is 37.1 Å². The van der Waals surface area contributed by atoms with Crippen molar-refractivity contribution in [1.82, 2.24) is 10.3 Å². The van der Waals surface area contributed by atoms with Crippen molar-refractivity contribution in [2.75, 3.05) is 18.5 Å². The van der Waals surface area contributed by atoms with Crippen LogP contribution in [-0.4, -0.2) is 29.2 Å². The van der Waals surface area contributed by atoms with Gasteiger partial charge in [-0.3, -0.25) is 10.1 Å². The third-order valence-corrected chi connectivity index (χ3v) is 4.18. The summed E-state index contributed by atoms with van der Waals surface area (Å²) in [4.78, 5) is 26.1. The number of aromatic nitrogens is 1. The van der Waals surface area contributed by atoms with Gasteiger partial charge in [-0.15, -0.1) is 0 Å². The molecule has 0 radical (unpaired) electrons. The van der Waals surface area contributed by atoms with Crippen LogP contribution in [0.25, 0.3) is 0 Å². The summed E-state index contributed by atoms with van der Waals surface area (Å²) in [6.45, 7) is 4.64. The number of anilines is 2. The molecule has 0 bridgehead atoms. The predicted octanol–water partition coefficient (Wildman–Crippen LogP) is 4.76. The summed E-state index contributed by atoms with van der Waals surface area (Å²) >= 11 is 5.90. The van der Waals surface area contributed by atoms with E-state index in [4.69, 9.17) is 16.3 Å². The van der Waals surface area contributed by atoms with Crippen molar-refractivity contribution in [1.29, 1.82) is 0 Å². The highest BCUT2D eigenvalue weighted by atomic mass is 35.5. The molecule has 0 saturated carbocycles. The van der Waals surface area contributed by atoms with Crippen molar-refractivity contribution in [2.45, 2.75) is 33.1 Å². The zero-order chi connectivity index (χ0) is 20.5. The number of rotatable bonds is 9. The van der Waals surface area contributed by atoms with Gasteiger partial charge in [0.05, 0.1) is 11.5 Å². The second-order valence-electron chi connectivity index (χ2n) is 6.20. The summed E-state index contributed by atoms with van der Waals surface area (Å²) in [5, 5.41) is 16.8. The van der Waals surface area contributed by atoms with Gasteiger partial charge in [-0.05, 0) is 37.1 Å². The Morgan fingerprint density at radius 1 is 1.32 bits per heavy atom. The molecule has 0 aliphatic rings. The second kappa shape index (κ2) is 10.5. The van der Waals surface area contributed by atoms with Gasteiger partial charge in [0.25, 0.3) is 0 Å². The highest BCUT2D eigenvalue weighted by Gasteiger charge is 2.21. The van der Waals surface area contributed by atoms with Crippen molar-refractivity contribution in [3.8, 4) is 0 Å². The molecular weight excluding hydrogens is 384 g/mol. The van der Waals surface area contributed by atoms with Crippen LogP contribution in [-0.2, 0) is 11.2 Å². The number of unbranched alkanes of at least 4 members (excludes halogenated alkanes) is 1. The quantitative estimate of drug-likeness (QED) is 0.269. The van der Waals surface area contributed by atoms with Crippen molar-refractivity contribution >= 4 is 34.8 Å². The number of benzene rings is 1. The van der Waals surface area contributed by atoms with Crippen molar-refractivity contribution < 1.29 is 14.5 Å². The molecule has 2 N–H and O–H groups in total. The Morgan fingerprint density at radius 3 is 2.68 bits per heavy atom. The summed E-state index contributed by atoms with van der Waals surface area (Å²) in [5.41, 5.74) is 2.24. The van der Waals surface area contributed by atoms with Gasteiger partial charge in [-0.25, -0.2) is 9.78 Å². The van der Waals surface area contributed by atoms with E-state index in [1.807, 2.05) is 19.1 Å². The average Bonchev–Trinajstić information content (AvgIpc) is 2.62. The molecule has 28 heavy (non-hydrogen) atoms. The van der Waals surface area contributed by atoms with E-state index in [9.17, 15) is 14.9 Å². The monoisotopic (exact) mass is 406 g/mol. The van der Waals surface area contributed by atoms with Crippen molar-refractivity contribution in [2.24, 2.45) is 0 Å². The summed E-state index contributed by atoms with van der Waals surface area (Å²) in [7, 11) is 0. The molecule has 0 spiro atoms. The van der Waals surface area contributed by atoms with Gasteiger partial charge in [0.2, 0.25) is 5.15 Å². The number of alkyl carbamates (subject to hydrolysis) is 1. The molecular formula is C19H23ClN4O4. The number of nitrogens with one attached hydrogen (secondary N) is 2. The van der Waals surface area contributed by atoms with Crippen LogP contribution in [0.3, 0.4) is 0 Å². The van der Waals surface area contributed by atoms with Gasteiger partial charge in [0, 0.05) is 24.3 Å². The summed E-state index contributed by atoms with van der Waals surface area (Å²) in [5.74, 6) is 0. The minimum absolute atomic E-state index is 0.154. The lowest BCUT2D eigenvalue weighted by Gasteiger charge is -2.10. The maximum absolute atomic E-state index is 11.5. The summed E-state index contributed by atoms with van der Waals surface area (Å²) in [6.07, 6.45) is 2.09. The molecule has 2 aromatic rings. The van der Waals surface area contributed by atoms with Crippen LogP contribution in [0, 0.1) is 17.0 Å². The van der Waals surface area contributed by atoms with Crippen molar-refractivity contribution in [3.05, 3.63) is 56.9 Å². The number of nitro groups is 1. The zero-order valence-corrected chi connectivity index (χ0v) is 16.6. The number of ether oxygens (including phenoxy) is 1. The molecule has 0 aliphatic carbocycles. The Morgan fingerprint density at radius 2 is 2.04 bits per heavy atom. The Bertz CT molecular complexity index is 827. The number of hydrogen-bond acceptors (Lipinski definition) is 6. The molecule has 1 heterocycles. The van der Waals surface area contributed by atoms with Crippen LogP contribution in [0.15, 0.2) is 30.3 Å². The Balaban J connectivity index is 1.93. The summed E-state index contributed by atoms with van der Waals surface area (Å²) in [6, 6.07) is 8.89. The molecule has 1 amide bonds. The summed E-state index contributed by atoms with van der Waals surface area (Å²) < 4.78 is 5.12. The maximum atomic E-state index is 11.5. The average molecular weight is 407 g/mol. The number of pyridine rings is 1. The zero-order valence-electron chi connectivity index (χ0n) is 15.8. The number of halogens is 1. The van der Waals surface area contributed by atoms with Crippen LogP contribution >= 0.6 is 11.6 Å². The molecule has 0 aliphatic heterocycles. The van der Waals surface area contributed by atoms with Gasteiger partial charge in [0.15, 0.2) is 0 Å². The highest BCUT2D eigenvalue weighted by molar-refractivity contribution is 6.32. The van der Waals surface area contributed by atoms with Gasteiger partial charge in [0.1, 0.15) is 5.69 Å². The van der Waals surface area contributed by atoms with Crippen molar-refractivity contribution in [3.63, 3.8) is 0 Å². The van der Waals surface area contributed by atoms with Gasteiger partial charge >= 0.3 is 11.8 Å². The largest absolute Gasteiger partial charge is 0.449 e. The first-order valence-corrected chi connectivity index (χ1v) is 9.36. The first kappa shape index (κ1) is 21.4. The molecule has 8 nitrogen and oxygen atoms in total. The predicted molar refractivity (Wildman–Crippen MR) is 108 cm³/mol. The number of hydrogen-bond donors (Lipinski definition) is 2. The number of carbonyl (C=O) groups is 1. The van der Waals surface area contributed by atoms with E-state index >= 15 is 0 Å². The fourth-order valence-electron chi connectivity index (χ4n) is 2.49. The fraction of sp³-hybridized carbons (Fsp3) is 0.368. The normalized spacial score (nSPS) is 10.4. The van der Waals surface area contributed by atoms with E-state index in [0.29, 0.717) is 24.3 Å². The SMILES string of the molecule is CCCCNC(=O)OCCc1ccc(Nc2cc(C)nc(Cl)c2[N+](=O)[O-])cc1. The van der Waals surface area contributed by atoms with Crippen LogP contribution in [0.5, 0.6) is 0 Å². The maximum Gasteiger partial charge on any atom is 0.407 e. The van der Waals surface area contributed by atoms with E-state index in [-0.39, 0.29) is 23.1 Å². The standard InChI is InChI=1S/C19H23ClN4O4/c1-3-4-10-21-19(25)28-11-9-14-5-7-15(8-6-14)23-16-12-13(2)22-18(20)17(16)24(26)27/h5-8,12H,3-4,9-11H2,1-2H3,(H,21,25)(H,22,23). The molecule has 150 valence electrons. The van der Waals surface area contributed by atoms with Crippen LogP contribution in [0.2, 0.25) is 5.15 Å². The first-order chi connectivity index (χ1) is 13.4. The lowest BCUT2D eigenvalue weighted by Crippen LogP contribution is -2.25. The smallest absolute Gasteiger partial charge is 0.407 e. The Labute approximate surface area is 168 Å². The first-order valence-electron chi connectivity index (χ1n) is 8.98. The molecule has 1 aromatic carbocycles. The third-order valence-electron chi connectivity index (χ3n) is 3.92. The van der Waals surface area contributed by atoms with E-state index in [0.717, 1.165) is 18.4 Å². The minimum Gasteiger partial charge on any atom is -0.449 e. The molecule has 9 heteroatoms. The van der Waals surface area contributed by atoms with E-state index in [1.54, 1.807) is 25.1 Å². The van der Waals surface area contributed by atoms with Crippen LogP contribution in [0.4, 0.5) is 21.9 Å². The van der Waals surface area contributed by atoms with Gasteiger partial charge < -0.3 is 15.4 Å². The Hall–Kier alpha value is -2.87. The van der Waals surface area contributed by atoms with E-state index in [1.165, 1.54) is 0 Å².